The maximum atomic E-state index is 15.8. The predicted octanol–water partition coefficient (Wildman–Crippen LogP) is 7.56. The Bertz CT molecular complexity index is 1780. The highest BCUT2D eigenvalue weighted by molar-refractivity contribution is 6.01. The van der Waals surface area contributed by atoms with Gasteiger partial charge >= 0.3 is 5.97 Å². The number of benzene rings is 1. The zero-order valence-corrected chi connectivity index (χ0v) is 27.3. The highest BCUT2D eigenvalue weighted by Gasteiger charge is 2.34. The van der Waals surface area contributed by atoms with E-state index in [0.29, 0.717) is 47.0 Å². The van der Waals surface area contributed by atoms with Crippen LogP contribution in [0, 0.1) is 25.6 Å². The molecule has 0 saturated carbocycles. The number of pyridine rings is 2. The van der Waals surface area contributed by atoms with Crippen LogP contribution in [0.5, 0.6) is 5.75 Å². The number of aryl methyl sites for hydroxylation is 2. The van der Waals surface area contributed by atoms with E-state index in [1.165, 1.54) is 6.07 Å². The molecule has 3 aromatic heterocycles. The van der Waals surface area contributed by atoms with Crippen molar-refractivity contribution in [3.8, 4) is 28.1 Å². The highest BCUT2D eigenvalue weighted by atomic mass is 19.1. The molecule has 45 heavy (non-hydrogen) atoms. The second-order valence-corrected chi connectivity index (χ2v) is 13.6. The molecule has 1 fully saturated rings. The summed E-state index contributed by atoms with van der Waals surface area (Å²) >= 11 is 0. The average Bonchev–Trinajstić information content (AvgIpc) is 3.33. The number of ether oxygens (including phenoxy) is 2. The Morgan fingerprint density at radius 3 is 2.60 bits per heavy atom. The summed E-state index contributed by atoms with van der Waals surface area (Å²) in [7, 11) is 1.96. The highest BCUT2D eigenvalue weighted by Crippen LogP contribution is 2.45. The lowest BCUT2D eigenvalue weighted by Gasteiger charge is -2.31. The van der Waals surface area contributed by atoms with Crippen LogP contribution in [0.25, 0.3) is 33.4 Å². The Kier molecular flexibility index (Phi) is 8.10. The van der Waals surface area contributed by atoms with Crippen molar-refractivity contribution < 1.29 is 23.8 Å². The van der Waals surface area contributed by atoms with Gasteiger partial charge in [-0.25, -0.2) is 19.2 Å². The first kappa shape index (κ1) is 31.0. The van der Waals surface area contributed by atoms with E-state index in [4.69, 9.17) is 19.4 Å². The Morgan fingerprint density at radius 1 is 1.18 bits per heavy atom. The summed E-state index contributed by atoms with van der Waals surface area (Å²) in [5.41, 5.74) is 5.70. The smallest absolute Gasteiger partial charge is 0.337 e. The number of piperidine rings is 1. The number of aromatic nitrogens is 3. The number of nitrogens with zero attached hydrogens (tertiary/aromatic N) is 4. The lowest BCUT2D eigenvalue weighted by molar-refractivity contribution is -0.160. The molecule has 238 valence electrons. The Labute approximate surface area is 264 Å². The molecule has 9 heteroatoms. The summed E-state index contributed by atoms with van der Waals surface area (Å²) in [6.07, 6.45) is 4.27. The first-order valence-corrected chi connectivity index (χ1v) is 15.9. The van der Waals surface area contributed by atoms with E-state index >= 15 is 4.39 Å². The summed E-state index contributed by atoms with van der Waals surface area (Å²) in [6.45, 7) is 14.0. The van der Waals surface area contributed by atoms with E-state index in [1.54, 1.807) is 0 Å². The zero-order chi connectivity index (χ0) is 32.2. The lowest BCUT2D eigenvalue weighted by Crippen LogP contribution is -2.33. The van der Waals surface area contributed by atoms with Crippen molar-refractivity contribution in [1.29, 1.82) is 0 Å². The summed E-state index contributed by atoms with van der Waals surface area (Å²) in [5, 5.41) is 11.3. The maximum absolute atomic E-state index is 15.8. The molecule has 1 atom stereocenters. The van der Waals surface area contributed by atoms with Crippen LogP contribution in [0.1, 0.15) is 75.4 Å². The molecule has 4 aromatic rings. The third-order valence-electron chi connectivity index (χ3n) is 9.22. The van der Waals surface area contributed by atoms with Crippen LogP contribution < -0.4 is 9.64 Å². The van der Waals surface area contributed by atoms with Crippen LogP contribution in [0.3, 0.4) is 0 Å². The van der Waals surface area contributed by atoms with Crippen LogP contribution in [0.15, 0.2) is 30.5 Å². The molecule has 0 spiro atoms. The number of aliphatic carboxylic acids is 1. The molecule has 2 aliphatic rings. The van der Waals surface area contributed by atoms with Gasteiger partial charge < -0.3 is 24.0 Å². The maximum Gasteiger partial charge on any atom is 0.337 e. The predicted molar refractivity (Wildman–Crippen MR) is 174 cm³/mol. The Balaban J connectivity index is 1.61. The third kappa shape index (κ3) is 5.78. The molecule has 5 heterocycles. The van der Waals surface area contributed by atoms with Gasteiger partial charge in [-0.2, -0.15) is 0 Å². The van der Waals surface area contributed by atoms with Crippen molar-refractivity contribution in [2.24, 2.45) is 13.0 Å². The molecule has 1 saturated heterocycles. The minimum absolute atomic E-state index is 0.289. The van der Waals surface area contributed by atoms with Crippen molar-refractivity contribution in [3.05, 3.63) is 58.7 Å². The van der Waals surface area contributed by atoms with Gasteiger partial charge in [-0.3, -0.25) is 0 Å². The van der Waals surface area contributed by atoms with Crippen molar-refractivity contribution in [2.75, 3.05) is 24.6 Å². The van der Waals surface area contributed by atoms with Gasteiger partial charge in [0.25, 0.3) is 0 Å². The van der Waals surface area contributed by atoms with Gasteiger partial charge in [-0.15, -0.1) is 0 Å². The van der Waals surface area contributed by atoms with Crippen LogP contribution in [-0.4, -0.2) is 50.9 Å². The number of carbonyl (C=O) groups is 1. The number of carboxylic acid groups (broad SMARTS) is 1. The quantitative estimate of drug-likeness (QED) is 0.240. The fourth-order valence-corrected chi connectivity index (χ4v) is 6.84. The van der Waals surface area contributed by atoms with E-state index < -0.39 is 23.5 Å². The van der Waals surface area contributed by atoms with E-state index in [0.717, 1.165) is 65.9 Å². The zero-order valence-electron chi connectivity index (χ0n) is 27.3. The van der Waals surface area contributed by atoms with Crippen molar-refractivity contribution in [1.82, 2.24) is 14.5 Å². The van der Waals surface area contributed by atoms with Crippen molar-refractivity contribution in [2.45, 2.75) is 78.9 Å². The Morgan fingerprint density at radius 2 is 1.91 bits per heavy atom. The Hall–Kier alpha value is -3.98. The SMILES string of the molecule is Cc1nc2c(cc(-c3ccnc(N4CCC(C)CC4)c3)n2C)c(-c2cc(F)c3c(c2C)CCCO3)c1[C@H](OC(C)(C)C)C(=O)O. The molecule has 1 aromatic carbocycles. The van der Waals surface area contributed by atoms with E-state index in [1.807, 2.05) is 64.6 Å². The molecule has 0 bridgehead atoms. The fourth-order valence-electron chi connectivity index (χ4n) is 6.84. The van der Waals surface area contributed by atoms with E-state index in [-0.39, 0.29) is 5.75 Å². The fraction of sp³-hybridized carbons (Fsp3) is 0.472. The molecular weight excluding hydrogens is 571 g/mol. The van der Waals surface area contributed by atoms with Crippen LogP contribution in [-0.2, 0) is 23.0 Å². The van der Waals surface area contributed by atoms with Crippen LogP contribution >= 0.6 is 0 Å². The molecule has 6 rings (SSSR count). The van der Waals surface area contributed by atoms with Gasteiger partial charge in [-0.05, 0) is 102 Å². The number of halogens is 1. The number of hydrogen-bond acceptors (Lipinski definition) is 6. The van der Waals surface area contributed by atoms with Gasteiger partial charge in [0, 0.05) is 59.7 Å². The van der Waals surface area contributed by atoms with Gasteiger partial charge in [0.15, 0.2) is 17.7 Å². The monoisotopic (exact) mass is 614 g/mol. The summed E-state index contributed by atoms with van der Waals surface area (Å²) in [5.74, 6) is 0.363. The molecular formula is C36H43FN4O4. The second-order valence-electron chi connectivity index (χ2n) is 13.6. The molecule has 0 aliphatic carbocycles. The first-order chi connectivity index (χ1) is 21.3. The minimum Gasteiger partial charge on any atom is -0.490 e. The van der Waals surface area contributed by atoms with E-state index in [9.17, 15) is 9.90 Å². The van der Waals surface area contributed by atoms with Gasteiger partial charge in [0.1, 0.15) is 11.5 Å². The molecule has 8 nitrogen and oxygen atoms in total. The topological polar surface area (TPSA) is 89.7 Å². The first-order valence-electron chi connectivity index (χ1n) is 15.9. The summed E-state index contributed by atoms with van der Waals surface area (Å²) < 4.78 is 29.7. The average molecular weight is 615 g/mol. The van der Waals surface area contributed by atoms with Gasteiger partial charge in [0.05, 0.1) is 17.9 Å². The van der Waals surface area contributed by atoms with Crippen molar-refractivity contribution in [3.63, 3.8) is 0 Å². The number of rotatable bonds is 6. The molecule has 0 unspecified atom stereocenters. The number of carboxylic acids is 1. The minimum atomic E-state index is -1.32. The summed E-state index contributed by atoms with van der Waals surface area (Å²) in [4.78, 5) is 24.9. The third-order valence-corrected chi connectivity index (χ3v) is 9.22. The van der Waals surface area contributed by atoms with Crippen LogP contribution in [0.4, 0.5) is 10.2 Å². The standard InChI is InChI=1S/C36H43FN4O4/c1-20-11-14-41(15-12-20)29-17-23(10-13-38-29)28-19-26-31(25-18-27(37)32-24(21(25)2)9-8-16-44-32)30(22(3)39-34(26)40(28)7)33(35(42)43)45-36(4,5)6/h10,13,17-20,33H,8-9,11-12,14-16H2,1-7H3,(H,42,43)/t33-/m0/s1. The van der Waals surface area contributed by atoms with Crippen molar-refractivity contribution >= 4 is 22.8 Å². The second kappa shape index (κ2) is 11.7. The van der Waals surface area contributed by atoms with E-state index in [2.05, 4.69) is 17.9 Å². The normalized spacial score (nSPS) is 16.5. The molecule has 2 aliphatic heterocycles. The number of fused-ring (bicyclic) bond motifs is 2. The lowest BCUT2D eigenvalue weighted by atomic mass is 9.86. The largest absolute Gasteiger partial charge is 0.490 e. The molecule has 1 N–H and O–H groups in total. The molecule has 0 amide bonds. The molecule has 0 radical (unpaired) electrons. The van der Waals surface area contributed by atoms with Gasteiger partial charge in [0.2, 0.25) is 0 Å². The van der Waals surface area contributed by atoms with Gasteiger partial charge in [-0.1, -0.05) is 6.92 Å². The number of hydrogen-bond donors (Lipinski definition) is 1. The summed E-state index contributed by atoms with van der Waals surface area (Å²) in [6, 6.07) is 7.63. The number of anilines is 1. The van der Waals surface area contributed by atoms with Crippen LogP contribution in [0.2, 0.25) is 0 Å².